The van der Waals surface area contributed by atoms with E-state index in [2.05, 4.69) is 23.3 Å². The highest BCUT2D eigenvalue weighted by Gasteiger charge is 2.37. The first-order chi connectivity index (χ1) is 14.1. The van der Waals surface area contributed by atoms with E-state index < -0.39 is 16.0 Å². The zero-order chi connectivity index (χ0) is 22.3. The molecule has 174 valence electrons. The Morgan fingerprint density at radius 2 is 1.77 bits per heavy atom. The van der Waals surface area contributed by atoms with Gasteiger partial charge in [-0.15, -0.1) is 0 Å². The number of hydrogen-bond acceptors (Lipinski definition) is 6. The third kappa shape index (κ3) is 7.81. The largest absolute Gasteiger partial charge is 0.469 e. The zero-order valence-corrected chi connectivity index (χ0v) is 19.6. The third-order valence-corrected chi connectivity index (χ3v) is 7.13. The number of nitrogens with one attached hydrogen (secondary N) is 1. The molecule has 1 N–H and O–H groups in total. The van der Waals surface area contributed by atoms with Gasteiger partial charge in [-0.1, -0.05) is 13.8 Å². The van der Waals surface area contributed by atoms with Gasteiger partial charge in [0.1, 0.15) is 0 Å². The number of esters is 1. The van der Waals surface area contributed by atoms with E-state index in [0.29, 0.717) is 31.9 Å². The molecule has 0 aromatic carbocycles. The maximum absolute atomic E-state index is 12.8. The van der Waals surface area contributed by atoms with Crippen molar-refractivity contribution in [3.8, 4) is 0 Å². The van der Waals surface area contributed by atoms with Gasteiger partial charge in [0.2, 0.25) is 15.9 Å². The Morgan fingerprint density at radius 3 is 2.33 bits per heavy atom. The minimum Gasteiger partial charge on any atom is -0.469 e. The van der Waals surface area contributed by atoms with Crippen LogP contribution in [-0.4, -0.2) is 69.9 Å². The molecule has 2 rings (SSSR count). The molecule has 0 radical (unpaired) electrons. The van der Waals surface area contributed by atoms with Crippen molar-refractivity contribution in [2.75, 3.05) is 26.5 Å². The number of sulfonamides is 1. The summed E-state index contributed by atoms with van der Waals surface area (Å²) >= 11 is 0. The van der Waals surface area contributed by atoms with E-state index in [9.17, 15) is 18.0 Å². The van der Waals surface area contributed by atoms with Crippen molar-refractivity contribution in [2.45, 2.75) is 83.4 Å². The summed E-state index contributed by atoms with van der Waals surface area (Å²) in [6, 6.07) is -0.760. The summed E-state index contributed by atoms with van der Waals surface area (Å²) in [5.41, 5.74) is 0. The van der Waals surface area contributed by atoms with Crippen LogP contribution in [0.5, 0.6) is 0 Å². The fourth-order valence-corrected chi connectivity index (χ4v) is 5.42. The summed E-state index contributed by atoms with van der Waals surface area (Å²) in [7, 11) is -2.12. The van der Waals surface area contributed by atoms with Gasteiger partial charge in [0, 0.05) is 19.0 Å². The highest BCUT2D eigenvalue weighted by Crippen LogP contribution is 2.32. The number of carbonyl (C=O) groups excluding carboxylic acids is 2. The molecule has 2 atom stereocenters. The van der Waals surface area contributed by atoms with E-state index >= 15 is 0 Å². The van der Waals surface area contributed by atoms with Gasteiger partial charge in [-0.2, -0.15) is 0 Å². The lowest BCUT2D eigenvalue weighted by Gasteiger charge is -2.42. The molecule has 0 bridgehead atoms. The monoisotopic (exact) mass is 446 g/mol. The fraction of sp³-hybridized carbons (Fsp3) is 0.905. The van der Waals surface area contributed by atoms with Gasteiger partial charge in [0.15, 0.2) is 0 Å². The molecule has 0 spiro atoms. The summed E-state index contributed by atoms with van der Waals surface area (Å²) < 4.78 is 37.2. The summed E-state index contributed by atoms with van der Waals surface area (Å²) in [5.74, 6) is 0.810. The summed E-state index contributed by atoms with van der Waals surface area (Å²) in [6.07, 6.45) is 6.97. The van der Waals surface area contributed by atoms with Gasteiger partial charge in [-0.25, -0.2) is 13.1 Å². The Kier molecular flexibility index (Phi) is 9.56. The van der Waals surface area contributed by atoms with Gasteiger partial charge in [0.25, 0.3) is 0 Å². The number of nitrogens with zero attached hydrogens (tertiary/aromatic N) is 1. The van der Waals surface area contributed by atoms with Crippen LogP contribution in [0.4, 0.5) is 0 Å². The van der Waals surface area contributed by atoms with Crippen LogP contribution >= 0.6 is 0 Å². The summed E-state index contributed by atoms with van der Waals surface area (Å²) in [5, 5.41) is 0. The molecule has 1 aliphatic heterocycles. The quantitative estimate of drug-likeness (QED) is 0.544. The van der Waals surface area contributed by atoms with E-state index in [1.54, 1.807) is 4.90 Å². The van der Waals surface area contributed by atoms with Crippen LogP contribution in [0.2, 0.25) is 0 Å². The van der Waals surface area contributed by atoms with Crippen molar-refractivity contribution in [3.63, 3.8) is 0 Å². The number of ether oxygens (including phenoxy) is 2. The second-order valence-electron chi connectivity index (χ2n) is 8.98. The number of amides is 1. The Morgan fingerprint density at radius 1 is 1.10 bits per heavy atom. The molecule has 9 heteroatoms. The van der Waals surface area contributed by atoms with Crippen molar-refractivity contribution < 1.29 is 27.5 Å². The molecule has 2 aliphatic rings. The predicted octanol–water partition coefficient (Wildman–Crippen LogP) is 2.08. The van der Waals surface area contributed by atoms with E-state index in [4.69, 9.17) is 4.74 Å². The van der Waals surface area contributed by atoms with Gasteiger partial charge in [-0.05, 0) is 50.4 Å². The Bertz CT molecular complexity index is 673. The average Bonchev–Trinajstić information content (AvgIpc) is 2.69. The summed E-state index contributed by atoms with van der Waals surface area (Å²) in [6.45, 7) is 5.35. The Labute approximate surface area is 181 Å². The van der Waals surface area contributed by atoms with E-state index in [1.165, 1.54) is 7.11 Å². The number of methoxy groups -OCH3 is 1. The molecular formula is C21H38N2O6S. The minimum atomic E-state index is -3.41. The first kappa shape index (κ1) is 25.1. The lowest BCUT2D eigenvalue weighted by atomic mass is 9.80. The van der Waals surface area contributed by atoms with Gasteiger partial charge < -0.3 is 14.4 Å². The standard InChI is InChI=1S/C21H38N2O6S/c1-15(2)16-7-9-17(10-8-16)29-14-19-18(22-30(4,26)27)6-5-13-23(19)20(24)11-12-21(25)28-3/h15-19,22H,5-14H2,1-4H3/t16?,17?,18-,19-/m0/s1. The molecule has 8 nitrogen and oxygen atoms in total. The fourth-order valence-electron chi connectivity index (χ4n) is 4.60. The molecule has 0 aromatic rings. The normalized spacial score (nSPS) is 27.8. The first-order valence-corrected chi connectivity index (χ1v) is 12.9. The highest BCUT2D eigenvalue weighted by atomic mass is 32.2. The second kappa shape index (κ2) is 11.4. The molecule has 2 fully saturated rings. The zero-order valence-electron chi connectivity index (χ0n) is 18.8. The average molecular weight is 447 g/mol. The van der Waals surface area contributed by atoms with Crippen molar-refractivity contribution in [1.29, 1.82) is 0 Å². The molecule has 0 unspecified atom stereocenters. The molecule has 1 saturated carbocycles. The van der Waals surface area contributed by atoms with E-state index in [0.717, 1.165) is 37.9 Å². The minimum absolute atomic E-state index is 0.0167. The maximum Gasteiger partial charge on any atom is 0.306 e. The van der Waals surface area contributed by atoms with Gasteiger partial charge in [0.05, 0.1) is 38.5 Å². The van der Waals surface area contributed by atoms with Crippen LogP contribution in [0.1, 0.15) is 65.2 Å². The molecule has 1 amide bonds. The van der Waals surface area contributed by atoms with Crippen LogP contribution in [0.15, 0.2) is 0 Å². The number of likely N-dealkylation sites (tertiary alicyclic amines) is 1. The van der Waals surface area contributed by atoms with Gasteiger partial charge in [-0.3, -0.25) is 9.59 Å². The smallest absolute Gasteiger partial charge is 0.306 e. The second-order valence-corrected chi connectivity index (χ2v) is 10.8. The number of hydrogen-bond donors (Lipinski definition) is 1. The van der Waals surface area contributed by atoms with E-state index in [1.807, 2.05) is 0 Å². The molecule has 30 heavy (non-hydrogen) atoms. The molecule has 1 saturated heterocycles. The topological polar surface area (TPSA) is 102 Å². The molecule has 1 heterocycles. The SMILES string of the molecule is COC(=O)CCC(=O)N1CCC[C@H](NS(C)(=O)=O)[C@@H]1COC1CCC(C(C)C)CC1. The maximum atomic E-state index is 12.8. The lowest BCUT2D eigenvalue weighted by molar-refractivity contribution is -0.145. The van der Waals surface area contributed by atoms with Gasteiger partial charge >= 0.3 is 5.97 Å². The molecule has 0 aromatic heterocycles. The van der Waals surface area contributed by atoms with Crippen LogP contribution in [0, 0.1) is 11.8 Å². The van der Waals surface area contributed by atoms with Crippen LogP contribution < -0.4 is 4.72 Å². The van der Waals surface area contributed by atoms with Crippen molar-refractivity contribution in [2.24, 2.45) is 11.8 Å². The number of piperidine rings is 1. The molecular weight excluding hydrogens is 408 g/mol. The Hall–Kier alpha value is -1.19. The van der Waals surface area contributed by atoms with Crippen molar-refractivity contribution >= 4 is 21.9 Å². The van der Waals surface area contributed by atoms with Crippen LogP contribution in [0.25, 0.3) is 0 Å². The third-order valence-electron chi connectivity index (χ3n) is 6.40. The lowest BCUT2D eigenvalue weighted by Crippen LogP contribution is -2.59. The number of rotatable bonds is 9. The van der Waals surface area contributed by atoms with Crippen molar-refractivity contribution in [1.82, 2.24) is 9.62 Å². The van der Waals surface area contributed by atoms with Crippen LogP contribution in [-0.2, 0) is 29.1 Å². The highest BCUT2D eigenvalue weighted by molar-refractivity contribution is 7.88. The first-order valence-electron chi connectivity index (χ1n) is 11.1. The number of carbonyl (C=O) groups is 2. The Balaban J connectivity index is 2.02. The van der Waals surface area contributed by atoms with Crippen LogP contribution in [0.3, 0.4) is 0 Å². The van der Waals surface area contributed by atoms with E-state index in [-0.39, 0.29) is 36.9 Å². The predicted molar refractivity (Wildman–Crippen MR) is 114 cm³/mol. The summed E-state index contributed by atoms with van der Waals surface area (Å²) in [4.78, 5) is 25.9. The molecule has 1 aliphatic carbocycles. The van der Waals surface area contributed by atoms with Crippen molar-refractivity contribution in [3.05, 3.63) is 0 Å².